The van der Waals surface area contributed by atoms with Crippen LogP contribution in [0.1, 0.15) is 0 Å². The molecule has 0 spiro atoms. The predicted octanol–water partition coefficient (Wildman–Crippen LogP) is -1.36. The Balaban J connectivity index is 2.30. The highest BCUT2D eigenvalue weighted by molar-refractivity contribution is 7.88. The monoisotopic (exact) mass is 194 g/mol. The second-order valence-electron chi connectivity index (χ2n) is 2.53. The normalized spacial score (nSPS) is 23.4. The Kier molecular flexibility index (Phi) is 2.53. The molecule has 6 nitrogen and oxygen atoms in total. The van der Waals surface area contributed by atoms with Gasteiger partial charge >= 0.3 is 6.09 Å². The van der Waals surface area contributed by atoms with Crippen LogP contribution < -0.4 is 10.0 Å². The minimum absolute atomic E-state index is 0.123. The molecule has 1 fully saturated rings. The molecular weight excluding hydrogens is 184 g/mol. The maximum absolute atomic E-state index is 10.6. The number of ether oxygens (including phenoxy) is 1. The third kappa shape index (κ3) is 3.05. The summed E-state index contributed by atoms with van der Waals surface area (Å²) in [5.74, 6) is 0. The highest BCUT2D eigenvalue weighted by Crippen LogP contribution is 1.97. The van der Waals surface area contributed by atoms with Crippen molar-refractivity contribution in [2.75, 3.05) is 19.3 Å². The zero-order valence-corrected chi connectivity index (χ0v) is 7.35. The molecule has 0 bridgehead atoms. The van der Waals surface area contributed by atoms with Gasteiger partial charge in [0.15, 0.2) is 0 Å². The molecule has 1 heterocycles. The van der Waals surface area contributed by atoms with Gasteiger partial charge in [-0.05, 0) is 0 Å². The van der Waals surface area contributed by atoms with Gasteiger partial charge in [-0.25, -0.2) is 17.9 Å². The van der Waals surface area contributed by atoms with Gasteiger partial charge in [0.1, 0.15) is 6.10 Å². The summed E-state index contributed by atoms with van der Waals surface area (Å²) in [4.78, 5) is 10.5. The van der Waals surface area contributed by atoms with E-state index in [-0.39, 0.29) is 6.54 Å². The standard InChI is InChI=1S/C5H10N2O4S/c1-12(9,10)7-3-4-2-6-5(8)11-4/h4,7H,2-3H2,1H3,(H,6,8)/t4-/m1/s1. The van der Waals surface area contributed by atoms with Crippen LogP contribution in [0.5, 0.6) is 0 Å². The van der Waals surface area contributed by atoms with Crippen LogP contribution in [0.3, 0.4) is 0 Å². The van der Waals surface area contributed by atoms with E-state index in [4.69, 9.17) is 0 Å². The molecule has 0 aromatic carbocycles. The van der Waals surface area contributed by atoms with Gasteiger partial charge < -0.3 is 10.1 Å². The van der Waals surface area contributed by atoms with E-state index in [1.165, 1.54) is 0 Å². The Morgan fingerprint density at radius 3 is 2.83 bits per heavy atom. The highest BCUT2D eigenvalue weighted by Gasteiger charge is 2.22. The molecular formula is C5H10N2O4S. The zero-order chi connectivity index (χ0) is 9.19. The van der Waals surface area contributed by atoms with Crippen molar-refractivity contribution in [3.63, 3.8) is 0 Å². The van der Waals surface area contributed by atoms with Gasteiger partial charge in [0.25, 0.3) is 0 Å². The summed E-state index contributed by atoms with van der Waals surface area (Å²) in [7, 11) is -3.20. The second-order valence-corrected chi connectivity index (χ2v) is 4.36. The number of cyclic esters (lactones) is 1. The molecule has 1 amide bonds. The van der Waals surface area contributed by atoms with Crippen LogP contribution in [0.4, 0.5) is 4.79 Å². The summed E-state index contributed by atoms with van der Waals surface area (Å²) in [5, 5.41) is 2.41. The van der Waals surface area contributed by atoms with Crippen molar-refractivity contribution in [3.05, 3.63) is 0 Å². The van der Waals surface area contributed by atoms with Gasteiger partial charge in [-0.3, -0.25) is 0 Å². The van der Waals surface area contributed by atoms with E-state index in [2.05, 4.69) is 14.8 Å². The van der Waals surface area contributed by atoms with Gasteiger partial charge in [-0.1, -0.05) is 0 Å². The lowest BCUT2D eigenvalue weighted by atomic mass is 10.4. The SMILES string of the molecule is CS(=O)(=O)NC[C@H]1CNC(=O)O1. The van der Waals surface area contributed by atoms with E-state index in [1.54, 1.807) is 0 Å². The van der Waals surface area contributed by atoms with Crippen molar-refractivity contribution in [1.82, 2.24) is 10.0 Å². The fraction of sp³-hybridized carbons (Fsp3) is 0.800. The first-order valence-electron chi connectivity index (χ1n) is 3.36. The van der Waals surface area contributed by atoms with Crippen molar-refractivity contribution in [2.24, 2.45) is 0 Å². The van der Waals surface area contributed by atoms with E-state index < -0.39 is 22.2 Å². The molecule has 1 saturated heterocycles. The summed E-state index contributed by atoms with van der Waals surface area (Å²) < 4.78 is 28.1. The molecule has 0 aromatic heterocycles. The molecule has 2 N–H and O–H groups in total. The van der Waals surface area contributed by atoms with E-state index in [0.717, 1.165) is 6.26 Å². The van der Waals surface area contributed by atoms with Crippen molar-refractivity contribution >= 4 is 16.1 Å². The minimum Gasteiger partial charge on any atom is -0.443 e. The number of amides is 1. The van der Waals surface area contributed by atoms with Crippen LogP contribution in [0.15, 0.2) is 0 Å². The number of sulfonamides is 1. The van der Waals surface area contributed by atoms with E-state index in [9.17, 15) is 13.2 Å². The molecule has 0 saturated carbocycles. The molecule has 0 unspecified atom stereocenters. The van der Waals surface area contributed by atoms with Gasteiger partial charge in [0.05, 0.1) is 12.8 Å². The van der Waals surface area contributed by atoms with E-state index >= 15 is 0 Å². The van der Waals surface area contributed by atoms with Gasteiger partial charge in [-0.15, -0.1) is 0 Å². The first kappa shape index (κ1) is 9.27. The fourth-order valence-corrected chi connectivity index (χ4v) is 1.28. The number of hydrogen-bond donors (Lipinski definition) is 2. The van der Waals surface area contributed by atoms with Crippen LogP contribution in [0, 0.1) is 0 Å². The number of rotatable bonds is 3. The van der Waals surface area contributed by atoms with Crippen LogP contribution in [0.2, 0.25) is 0 Å². The summed E-state index contributed by atoms with van der Waals surface area (Å²) in [6.07, 6.45) is 0.152. The average molecular weight is 194 g/mol. The Morgan fingerprint density at radius 2 is 2.42 bits per heavy atom. The molecule has 1 aliphatic rings. The maximum atomic E-state index is 10.6. The number of carbonyl (C=O) groups is 1. The molecule has 1 atom stereocenters. The third-order valence-electron chi connectivity index (χ3n) is 1.32. The molecule has 70 valence electrons. The molecule has 1 rings (SSSR count). The van der Waals surface area contributed by atoms with Crippen LogP contribution in [0.25, 0.3) is 0 Å². The topological polar surface area (TPSA) is 84.5 Å². The summed E-state index contributed by atoms with van der Waals surface area (Å²) in [5.41, 5.74) is 0. The summed E-state index contributed by atoms with van der Waals surface area (Å²) >= 11 is 0. The zero-order valence-electron chi connectivity index (χ0n) is 6.53. The van der Waals surface area contributed by atoms with E-state index in [0.29, 0.717) is 6.54 Å². The van der Waals surface area contributed by atoms with Crippen LogP contribution >= 0.6 is 0 Å². The number of alkyl carbamates (subject to hydrolysis) is 1. The predicted molar refractivity (Wildman–Crippen MR) is 41.1 cm³/mol. The largest absolute Gasteiger partial charge is 0.443 e. The summed E-state index contributed by atoms with van der Waals surface area (Å²) in [6, 6.07) is 0. The lowest BCUT2D eigenvalue weighted by Gasteiger charge is -2.06. The smallest absolute Gasteiger partial charge is 0.407 e. The minimum atomic E-state index is -3.20. The molecule has 0 aliphatic carbocycles. The van der Waals surface area contributed by atoms with Crippen molar-refractivity contribution in [1.29, 1.82) is 0 Å². The van der Waals surface area contributed by atoms with Crippen LogP contribution in [-0.2, 0) is 14.8 Å². The number of carbonyl (C=O) groups excluding carboxylic acids is 1. The second kappa shape index (κ2) is 3.28. The van der Waals surface area contributed by atoms with E-state index in [1.807, 2.05) is 0 Å². The Bertz CT molecular complexity index is 273. The lowest BCUT2D eigenvalue weighted by molar-refractivity contribution is 0.142. The fourth-order valence-electron chi connectivity index (χ4n) is 0.790. The lowest BCUT2D eigenvalue weighted by Crippen LogP contribution is -2.33. The van der Waals surface area contributed by atoms with Gasteiger partial charge in [0, 0.05) is 6.54 Å². The highest BCUT2D eigenvalue weighted by atomic mass is 32.2. The van der Waals surface area contributed by atoms with Crippen molar-refractivity contribution in [2.45, 2.75) is 6.10 Å². The number of nitrogens with one attached hydrogen (secondary N) is 2. The van der Waals surface area contributed by atoms with Gasteiger partial charge in [-0.2, -0.15) is 0 Å². The van der Waals surface area contributed by atoms with Crippen molar-refractivity contribution in [3.8, 4) is 0 Å². The summed E-state index contributed by atoms with van der Waals surface area (Å²) in [6.45, 7) is 0.471. The van der Waals surface area contributed by atoms with Gasteiger partial charge in [0.2, 0.25) is 10.0 Å². The molecule has 0 radical (unpaired) electrons. The van der Waals surface area contributed by atoms with Crippen molar-refractivity contribution < 1.29 is 17.9 Å². The molecule has 1 aliphatic heterocycles. The molecule has 7 heteroatoms. The molecule has 12 heavy (non-hydrogen) atoms. The quantitative estimate of drug-likeness (QED) is 0.581. The number of hydrogen-bond acceptors (Lipinski definition) is 4. The first-order chi connectivity index (χ1) is 5.47. The molecule has 0 aromatic rings. The average Bonchev–Trinajstić information content (AvgIpc) is 2.30. The third-order valence-corrected chi connectivity index (χ3v) is 2.01. The Labute approximate surface area is 70.3 Å². The Morgan fingerprint density at radius 1 is 1.75 bits per heavy atom. The first-order valence-corrected chi connectivity index (χ1v) is 5.25. The Hall–Kier alpha value is -0.820. The maximum Gasteiger partial charge on any atom is 0.407 e. The van der Waals surface area contributed by atoms with Crippen LogP contribution in [-0.4, -0.2) is 40.0 Å².